The van der Waals surface area contributed by atoms with E-state index in [-0.39, 0.29) is 2.85 Å². The second kappa shape index (κ2) is 1.58. The summed E-state index contributed by atoms with van der Waals surface area (Å²) in [5, 5.41) is 7.90. The zero-order valence-electron chi connectivity index (χ0n) is 6.36. The molecule has 0 aromatic rings. The van der Waals surface area contributed by atoms with Crippen molar-refractivity contribution in [2.24, 2.45) is 0 Å². The van der Waals surface area contributed by atoms with Gasteiger partial charge in [0.1, 0.15) is 0 Å². The van der Waals surface area contributed by atoms with Crippen molar-refractivity contribution in [1.29, 1.82) is 0 Å². The summed E-state index contributed by atoms with van der Waals surface area (Å²) in [6, 6.07) is 0. The molecular formula is C4H12O2+2. The molecule has 0 aromatic heterocycles. The van der Waals surface area contributed by atoms with E-state index in [2.05, 4.69) is 4.89 Å². The van der Waals surface area contributed by atoms with Crippen molar-refractivity contribution in [1.82, 2.24) is 0 Å². The third kappa shape index (κ3) is 3.92. The molecule has 0 radical (unpaired) electrons. The quantitative estimate of drug-likeness (QED) is 0.362. The summed E-state index contributed by atoms with van der Waals surface area (Å²) in [4.78, 5) is 3.94. The molecule has 1 N–H and O–H groups in total. The highest BCUT2D eigenvalue weighted by molar-refractivity contribution is 4.53. The maximum atomic E-state index is 7.90. The molecule has 0 amide bonds. The molecule has 0 aromatic carbocycles. The highest BCUT2D eigenvalue weighted by Gasteiger charge is 2.06. The SMILES string of the molecule is CC(C)(C)OO.[H+].[H+]. The summed E-state index contributed by atoms with van der Waals surface area (Å²) < 4.78 is 0. The Morgan fingerprint density at radius 3 is 1.67 bits per heavy atom. The van der Waals surface area contributed by atoms with Crippen molar-refractivity contribution in [2.45, 2.75) is 26.4 Å². The zero-order chi connectivity index (χ0) is 5.21. The van der Waals surface area contributed by atoms with Crippen LogP contribution >= 0.6 is 0 Å². The van der Waals surface area contributed by atoms with Gasteiger partial charge in [0.15, 0.2) is 0 Å². The van der Waals surface area contributed by atoms with Crippen LogP contribution in [0.5, 0.6) is 0 Å². The lowest BCUT2D eigenvalue weighted by atomic mass is 10.2. The summed E-state index contributed by atoms with van der Waals surface area (Å²) in [5.74, 6) is 0. The van der Waals surface area contributed by atoms with Gasteiger partial charge in [0.05, 0.1) is 5.60 Å². The van der Waals surface area contributed by atoms with E-state index in [1.807, 2.05) is 0 Å². The molecule has 0 aliphatic carbocycles. The van der Waals surface area contributed by atoms with Crippen LogP contribution in [0.25, 0.3) is 0 Å². The fourth-order valence-corrected chi connectivity index (χ4v) is 0. The van der Waals surface area contributed by atoms with Gasteiger partial charge in [-0.25, -0.2) is 4.89 Å². The molecule has 0 atom stereocenters. The molecule has 6 heavy (non-hydrogen) atoms. The predicted molar refractivity (Wildman–Crippen MR) is 25.7 cm³/mol. The van der Waals surface area contributed by atoms with Gasteiger partial charge in [0.25, 0.3) is 0 Å². The molecule has 0 aliphatic rings. The lowest BCUT2D eigenvalue weighted by Crippen LogP contribution is -2.15. The molecule has 0 fully saturated rings. The predicted octanol–water partition coefficient (Wildman–Crippen LogP) is 1.50. The highest BCUT2D eigenvalue weighted by atomic mass is 17.1. The van der Waals surface area contributed by atoms with Crippen molar-refractivity contribution >= 4 is 0 Å². The van der Waals surface area contributed by atoms with Gasteiger partial charge in [-0.2, -0.15) is 0 Å². The lowest BCUT2D eigenvalue weighted by molar-refractivity contribution is -0.306. The smallest absolute Gasteiger partial charge is 0.251 e. The zero-order valence-corrected chi connectivity index (χ0v) is 4.36. The third-order valence-corrected chi connectivity index (χ3v) is 0.274. The van der Waals surface area contributed by atoms with Crippen LogP contribution in [-0.4, -0.2) is 10.9 Å². The molecule has 38 valence electrons. The Kier molecular flexibility index (Phi) is 1.56. The van der Waals surface area contributed by atoms with Crippen molar-refractivity contribution in [3.63, 3.8) is 0 Å². The van der Waals surface area contributed by atoms with Gasteiger partial charge in [-0.3, -0.25) is 5.26 Å². The van der Waals surface area contributed by atoms with Gasteiger partial charge in [0.2, 0.25) is 0 Å². The van der Waals surface area contributed by atoms with E-state index in [1.165, 1.54) is 0 Å². The topological polar surface area (TPSA) is 29.5 Å². The van der Waals surface area contributed by atoms with Crippen molar-refractivity contribution < 1.29 is 13.0 Å². The normalized spacial score (nSPS) is 12.0. The number of rotatable bonds is 0. The molecule has 0 rings (SSSR count). The first-order valence-corrected chi connectivity index (χ1v) is 1.89. The fourth-order valence-electron chi connectivity index (χ4n) is 0. The van der Waals surface area contributed by atoms with E-state index < -0.39 is 5.60 Å². The van der Waals surface area contributed by atoms with E-state index in [4.69, 9.17) is 5.26 Å². The van der Waals surface area contributed by atoms with Gasteiger partial charge in [-0.05, 0) is 20.8 Å². The number of hydrogen-bond acceptors (Lipinski definition) is 2. The largest absolute Gasteiger partial charge is 1.00 e. The Hall–Kier alpha value is -0.0800. The summed E-state index contributed by atoms with van der Waals surface area (Å²) in [6.07, 6.45) is 0. The van der Waals surface area contributed by atoms with Crippen LogP contribution in [0.1, 0.15) is 23.6 Å². The van der Waals surface area contributed by atoms with Crippen molar-refractivity contribution in [3.8, 4) is 0 Å². The Morgan fingerprint density at radius 1 is 1.50 bits per heavy atom. The Labute approximate surface area is 40.6 Å². The van der Waals surface area contributed by atoms with Crippen LogP contribution < -0.4 is 0 Å². The summed E-state index contributed by atoms with van der Waals surface area (Å²) in [6.45, 7) is 5.31. The molecule has 0 unspecified atom stereocenters. The van der Waals surface area contributed by atoms with Crippen LogP contribution in [-0.2, 0) is 4.89 Å². The summed E-state index contributed by atoms with van der Waals surface area (Å²) in [5.41, 5.74) is -0.403. The first-order valence-electron chi connectivity index (χ1n) is 1.89. The summed E-state index contributed by atoms with van der Waals surface area (Å²) >= 11 is 0. The standard InChI is InChI=1S/C4H10O2/c1-4(2,3)6-5/h5H,1-3H3/p+2. The average molecular weight is 92.1 g/mol. The highest BCUT2D eigenvalue weighted by Crippen LogP contribution is 2.01. The van der Waals surface area contributed by atoms with Gasteiger partial charge in [-0.15, -0.1) is 0 Å². The first kappa shape index (κ1) is 5.92. The average Bonchev–Trinajstić information content (AvgIpc) is 1.35. The summed E-state index contributed by atoms with van der Waals surface area (Å²) in [7, 11) is 0. The minimum Gasteiger partial charge on any atom is -0.251 e. The number of hydrogen-bond donors (Lipinski definition) is 1. The second-order valence-electron chi connectivity index (χ2n) is 2.20. The lowest BCUT2D eigenvalue weighted by Gasteiger charge is -2.10. The van der Waals surface area contributed by atoms with E-state index in [9.17, 15) is 0 Å². The van der Waals surface area contributed by atoms with E-state index >= 15 is 0 Å². The van der Waals surface area contributed by atoms with Crippen LogP contribution in [0, 0.1) is 0 Å². The molecule has 0 saturated heterocycles. The Balaban J connectivity index is -0.000000125. The van der Waals surface area contributed by atoms with Gasteiger partial charge in [0, 0.05) is 0 Å². The minimum absolute atomic E-state index is 0. The molecule has 0 bridgehead atoms. The fraction of sp³-hybridized carbons (Fsp3) is 1.00. The molecular weight excluding hydrogens is 80.0 g/mol. The molecule has 0 heterocycles. The molecule has 0 aliphatic heterocycles. The van der Waals surface area contributed by atoms with Crippen molar-refractivity contribution in [3.05, 3.63) is 0 Å². The Bertz CT molecular complexity index is 41.8. The molecule has 0 saturated carbocycles. The van der Waals surface area contributed by atoms with Crippen LogP contribution in [0.2, 0.25) is 0 Å². The van der Waals surface area contributed by atoms with Crippen LogP contribution in [0.15, 0.2) is 0 Å². The monoisotopic (exact) mass is 92.1 g/mol. The van der Waals surface area contributed by atoms with Crippen molar-refractivity contribution in [2.75, 3.05) is 0 Å². The van der Waals surface area contributed by atoms with Crippen LogP contribution in [0.4, 0.5) is 0 Å². The maximum Gasteiger partial charge on any atom is 1.00 e. The third-order valence-electron chi connectivity index (χ3n) is 0.274. The van der Waals surface area contributed by atoms with Gasteiger partial charge in [-0.1, -0.05) is 0 Å². The van der Waals surface area contributed by atoms with E-state index in [0.717, 1.165) is 0 Å². The second-order valence-corrected chi connectivity index (χ2v) is 2.20. The van der Waals surface area contributed by atoms with Gasteiger partial charge >= 0.3 is 2.85 Å². The molecule has 0 spiro atoms. The first-order chi connectivity index (χ1) is 2.56. The van der Waals surface area contributed by atoms with Gasteiger partial charge < -0.3 is 0 Å². The maximum absolute atomic E-state index is 7.90. The Morgan fingerprint density at radius 2 is 1.67 bits per heavy atom. The minimum atomic E-state index is -0.403. The molecule has 2 nitrogen and oxygen atoms in total. The van der Waals surface area contributed by atoms with Crippen LogP contribution in [0.3, 0.4) is 0 Å². The molecule has 2 heteroatoms. The van der Waals surface area contributed by atoms with E-state index in [1.54, 1.807) is 20.8 Å². The van der Waals surface area contributed by atoms with E-state index in [0.29, 0.717) is 0 Å².